The van der Waals surface area contributed by atoms with Gasteiger partial charge in [0.1, 0.15) is 5.75 Å². The summed E-state index contributed by atoms with van der Waals surface area (Å²) in [5, 5.41) is 0. The Labute approximate surface area is 129 Å². The number of hydrogen-bond acceptors (Lipinski definition) is 4. The molecule has 0 saturated carbocycles. The van der Waals surface area contributed by atoms with Crippen LogP contribution in [0.2, 0.25) is 0 Å². The molecule has 0 aliphatic heterocycles. The Bertz CT molecular complexity index is 430. The van der Waals surface area contributed by atoms with Gasteiger partial charge in [-0.1, -0.05) is 26.0 Å². The monoisotopic (exact) mass is 312 g/mol. The maximum absolute atomic E-state index is 11.5. The molecule has 0 bridgehead atoms. The number of methoxy groups -OCH3 is 1. The standard InChI is InChI=1S/C16H25O4P/c1-11(2)9-15(21)13-5-7-14(8-6-13)19-10-16(17)20-12(3)18-4/h5-8,11-12,15H,9-10,21H2,1-4H3. The van der Waals surface area contributed by atoms with Crippen molar-refractivity contribution in [3.8, 4) is 5.75 Å². The fourth-order valence-corrected chi connectivity index (χ4v) is 2.63. The van der Waals surface area contributed by atoms with Crippen molar-refractivity contribution in [1.82, 2.24) is 0 Å². The van der Waals surface area contributed by atoms with Crippen molar-refractivity contribution in [2.24, 2.45) is 5.92 Å². The van der Waals surface area contributed by atoms with Crippen molar-refractivity contribution in [3.05, 3.63) is 29.8 Å². The molecule has 4 nitrogen and oxygen atoms in total. The lowest BCUT2D eigenvalue weighted by molar-refractivity contribution is -0.172. The maximum Gasteiger partial charge on any atom is 0.346 e. The average molecular weight is 312 g/mol. The number of rotatable bonds is 8. The molecule has 0 fully saturated rings. The topological polar surface area (TPSA) is 44.8 Å². The van der Waals surface area contributed by atoms with Gasteiger partial charge in [-0.15, -0.1) is 9.24 Å². The van der Waals surface area contributed by atoms with Crippen LogP contribution in [0.4, 0.5) is 0 Å². The first kappa shape index (κ1) is 17.9. The quantitative estimate of drug-likeness (QED) is 0.418. The van der Waals surface area contributed by atoms with E-state index >= 15 is 0 Å². The smallest absolute Gasteiger partial charge is 0.346 e. The molecule has 0 radical (unpaired) electrons. The summed E-state index contributed by atoms with van der Waals surface area (Å²) in [4.78, 5) is 11.5. The second kappa shape index (κ2) is 9.01. The molecule has 1 rings (SSSR count). The molecule has 0 aliphatic rings. The Kier molecular flexibility index (Phi) is 7.69. The van der Waals surface area contributed by atoms with Gasteiger partial charge >= 0.3 is 5.97 Å². The molecule has 5 heteroatoms. The van der Waals surface area contributed by atoms with Gasteiger partial charge in [0.2, 0.25) is 0 Å². The van der Waals surface area contributed by atoms with Crippen molar-refractivity contribution < 1.29 is 19.0 Å². The summed E-state index contributed by atoms with van der Waals surface area (Å²) < 4.78 is 15.2. The van der Waals surface area contributed by atoms with Crippen LogP contribution in [0.3, 0.4) is 0 Å². The predicted molar refractivity (Wildman–Crippen MR) is 86.4 cm³/mol. The van der Waals surface area contributed by atoms with Crippen LogP contribution < -0.4 is 4.74 Å². The number of ether oxygens (including phenoxy) is 3. The Morgan fingerprint density at radius 3 is 2.33 bits per heavy atom. The van der Waals surface area contributed by atoms with Gasteiger partial charge in [-0.3, -0.25) is 0 Å². The first-order valence-corrected chi connectivity index (χ1v) is 7.79. The molecule has 3 unspecified atom stereocenters. The minimum Gasteiger partial charge on any atom is -0.482 e. The van der Waals surface area contributed by atoms with Gasteiger partial charge in [0.05, 0.1) is 0 Å². The van der Waals surface area contributed by atoms with Crippen molar-refractivity contribution >= 4 is 15.2 Å². The lowest BCUT2D eigenvalue weighted by atomic mass is 10.0. The third kappa shape index (κ3) is 6.92. The van der Waals surface area contributed by atoms with Gasteiger partial charge in [0.15, 0.2) is 12.9 Å². The predicted octanol–water partition coefficient (Wildman–Crippen LogP) is 3.56. The van der Waals surface area contributed by atoms with Crippen molar-refractivity contribution in [2.75, 3.05) is 13.7 Å². The van der Waals surface area contributed by atoms with E-state index in [1.54, 1.807) is 6.92 Å². The lowest BCUT2D eigenvalue weighted by Gasteiger charge is -2.15. The molecule has 0 amide bonds. The highest BCUT2D eigenvalue weighted by molar-refractivity contribution is 7.17. The van der Waals surface area contributed by atoms with E-state index in [1.165, 1.54) is 12.7 Å². The zero-order valence-corrected chi connectivity index (χ0v) is 14.3. The van der Waals surface area contributed by atoms with Crippen molar-refractivity contribution in [3.63, 3.8) is 0 Å². The van der Waals surface area contributed by atoms with Crippen LogP contribution in [-0.4, -0.2) is 26.0 Å². The van der Waals surface area contributed by atoms with Crippen LogP contribution in [0.15, 0.2) is 24.3 Å². The zero-order chi connectivity index (χ0) is 15.8. The van der Waals surface area contributed by atoms with Crippen LogP contribution in [0.1, 0.15) is 38.4 Å². The van der Waals surface area contributed by atoms with Gasteiger partial charge in [-0.25, -0.2) is 4.79 Å². The van der Waals surface area contributed by atoms with Crippen molar-refractivity contribution in [2.45, 2.75) is 39.1 Å². The average Bonchev–Trinajstić information content (AvgIpc) is 2.44. The molecule has 0 spiro atoms. The molecule has 0 aromatic heterocycles. The zero-order valence-electron chi connectivity index (χ0n) is 13.2. The second-order valence-electron chi connectivity index (χ2n) is 5.39. The van der Waals surface area contributed by atoms with E-state index in [4.69, 9.17) is 14.2 Å². The normalized spacial score (nSPS) is 13.8. The number of benzene rings is 1. The highest BCUT2D eigenvalue weighted by Gasteiger charge is 2.10. The fraction of sp³-hybridized carbons (Fsp3) is 0.562. The van der Waals surface area contributed by atoms with Crippen LogP contribution in [0, 0.1) is 5.92 Å². The number of carbonyl (C=O) groups is 1. The highest BCUT2D eigenvalue weighted by Crippen LogP contribution is 2.30. The highest BCUT2D eigenvalue weighted by atomic mass is 31.0. The van der Waals surface area contributed by atoms with E-state index in [0.29, 0.717) is 17.3 Å². The minimum absolute atomic E-state index is 0.122. The van der Waals surface area contributed by atoms with Gasteiger partial charge < -0.3 is 14.2 Å². The lowest BCUT2D eigenvalue weighted by Crippen LogP contribution is -2.21. The summed E-state index contributed by atoms with van der Waals surface area (Å²) >= 11 is 0. The number of esters is 1. The van der Waals surface area contributed by atoms with Crippen LogP contribution in [0.5, 0.6) is 5.75 Å². The van der Waals surface area contributed by atoms with E-state index < -0.39 is 12.3 Å². The summed E-state index contributed by atoms with van der Waals surface area (Å²) in [6.07, 6.45) is 0.559. The summed E-state index contributed by atoms with van der Waals surface area (Å²) in [5.74, 6) is 0.862. The third-order valence-corrected chi connectivity index (χ3v) is 3.68. The summed E-state index contributed by atoms with van der Waals surface area (Å²) in [6, 6.07) is 7.80. The molecule has 0 N–H and O–H groups in total. The molecule has 3 atom stereocenters. The van der Waals surface area contributed by atoms with Gasteiger partial charge in [-0.05, 0) is 42.6 Å². The summed E-state index contributed by atoms with van der Waals surface area (Å²) in [5.41, 5.74) is 1.68. The summed E-state index contributed by atoms with van der Waals surface area (Å²) in [7, 11) is 4.35. The SMILES string of the molecule is COC(C)OC(=O)COc1ccc(C(P)CC(C)C)cc1. The van der Waals surface area contributed by atoms with Crippen LogP contribution >= 0.6 is 9.24 Å². The van der Waals surface area contributed by atoms with E-state index in [1.807, 2.05) is 24.3 Å². The molecule has 1 aromatic carbocycles. The molecule has 0 heterocycles. The Balaban J connectivity index is 2.46. The molecule has 0 saturated heterocycles. The number of carbonyl (C=O) groups excluding carboxylic acids is 1. The second-order valence-corrected chi connectivity index (χ2v) is 6.19. The van der Waals surface area contributed by atoms with Gasteiger partial charge in [-0.2, -0.15) is 0 Å². The van der Waals surface area contributed by atoms with E-state index in [0.717, 1.165) is 6.42 Å². The van der Waals surface area contributed by atoms with E-state index in [-0.39, 0.29) is 6.61 Å². The van der Waals surface area contributed by atoms with Crippen LogP contribution in [-0.2, 0) is 14.3 Å². The fourth-order valence-electron chi connectivity index (χ4n) is 1.86. The Morgan fingerprint density at radius 2 is 1.81 bits per heavy atom. The molecule has 0 aliphatic carbocycles. The minimum atomic E-state index is -0.558. The first-order valence-electron chi connectivity index (χ1n) is 7.13. The van der Waals surface area contributed by atoms with Gasteiger partial charge in [0, 0.05) is 7.11 Å². The number of hydrogen-bond donors (Lipinski definition) is 0. The molecular formula is C16H25O4P. The third-order valence-electron chi connectivity index (χ3n) is 3.02. The maximum atomic E-state index is 11.5. The van der Waals surface area contributed by atoms with Crippen LogP contribution in [0.25, 0.3) is 0 Å². The largest absolute Gasteiger partial charge is 0.482 e. The van der Waals surface area contributed by atoms with Gasteiger partial charge in [0.25, 0.3) is 0 Å². The molecule has 1 aromatic rings. The van der Waals surface area contributed by atoms with E-state index in [2.05, 4.69) is 23.1 Å². The molecule has 118 valence electrons. The summed E-state index contributed by atoms with van der Waals surface area (Å²) in [6.45, 7) is 5.95. The molecular weight excluding hydrogens is 287 g/mol. The Hall–Kier alpha value is -1.12. The Morgan fingerprint density at radius 1 is 1.19 bits per heavy atom. The first-order chi connectivity index (χ1) is 9.92. The van der Waals surface area contributed by atoms with Crippen molar-refractivity contribution in [1.29, 1.82) is 0 Å². The molecule has 21 heavy (non-hydrogen) atoms. The van der Waals surface area contributed by atoms with E-state index in [9.17, 15) is 4.79 Å².